The molecular weight excluding hydrogens is 512 g/mol. The number of amides is 2. The Kier molecular flexibility index (Phi) is 6.47. The first-order chi connectivity index (χ1) is 17.0. The summed E-state index contributed by atoms with van der Waals surface area (Å²) in [6.07, 6.45) is 1.32. The van der Waals surface area contributed by atoms with Gasteiger partial charge in [-0.15, -0.1) is 0 Å². The quantitative estimate of drug-likeness (QED) is 0.463. The minimum atomic E-state index is -1.41. The van der Waals surface area contributed by atoms with E-state index in [-0.39, 0.29) is 33.8 Å². The topological polar surface area (TPSA) is 128 Å². The summed E-state index contributed by atoms with van der Waals surface area (Å²) in [5.74, 6) is -3.30. The standard InChI is InChI=1S/C24H18Cl2FN5O4/c1-12(21(34)35)30-20(33)18-11-29-23-31(15-7-16(25)19(27)17(26)8-15)22(36)24(2,32(18)23)9-13-3-5-14(10-28)6-4-13/h3-8,11-12H,9H2,1-2H3,(H,30,33)(H,34,35)/t12-,24+/m0/s1. The molecule has 1 aliphatic rings. The van der Waals surface area contributed by atoms with Crippen LogP contribution in [0.4, 0.5) is 16.0 Å². The molecule has 0 unspecified atom stereocenters. The smallest absolute Gasteiger partial charge is 0.325 e. The number of carbonyl (C=O) groups excluding carboxylic acids is 2. The molecule has 1 aliphatic heterocycles. The predicted octanol–water partition coefficient (Wildman–Crippen LogP) is 4.04. The Balaban J connectivity index is 1.86. The van der Waals surface area contributed by atoms with Crippen LogP contribution in [0.3, 0.4) is 0 Å². The fourth-order valence-electron chi connectivity index (χ4n) is 4.06. The molecule has 12 heteroatoms. The summed E-state index contributed by atoms with van der Waals surface area (Å²) in [6.45, 7) is 2.90. The van der Waals surface area contributed by atoms with Gasteiger partial charge in [0.2, 0.25) is 5.95 Å². The van der Waals surface area contributed by atoms with Gasteiger partial charge in [0, 0.05) is 6.42 Å². The minimum Gasteiger partial charge on any atom is -0.480 e. The number of aromatic nitrogens is 2. The van der Waals surface area contributed by atoms with E-state index >= 15 is 0 Å². The average Bonchev–Trinajstić information content (AvgIpc) is 3.36. The molecule has 184 valence electrons. The molecule has 2 N–H and O–H groups in total. The van der Waals surface area contributed by atoms with E-state index in [0.717, 1.165) is 0 Å². The van der Waals surface area contributed by atoms with Crippen LogP contribution in [-0.4, -0.2) is 38.5 Å². The van der Waals surface area contributed by atoms with Crippen molar-refractivity contribution in [2.75, 3.05) is 4.90 Å². The van der Waals surface area contributed by atoms with Gasteiger partial charge in [-0.25, -0.2) is 14.3 Å². The number of carboxylic acids is 1. The number of hydrogen-bond donors (Lipinski definition) is 2. The first kappa shape index (κ1) is 25.2. The molecular formula is C24H18Cl2FN5O4. The zero-order valence-corrected chi connectivity index (χ0v) is 20.4. The van der Waals surface area contributed by atoms with Crippen molar-refractivity contribution in [3.05, 3.63) is 75.3 Å². The minimum absolute atomic E-state index is 0.0445. The number of carbonyl (C=O) groups is 3. The first-order valence-electron chi connectivity index (χ1n) is 10.6. The van der Waals surface area contributed by atoms with Gasteiger partial charge in [0.05, 0.1) is 33.6 Å². The Bertz CT molecular complexity index is 1430. The summed E-state index contributed by atoms with van der Waals surface area (Å²) in [7, 11) is 0. The van der Waals surface area contributed by atoms with Gasteiger partial charge in [0.25, 0.3) is 11.8 Å². The summed E-state index contributed by atoms with van der Waals surface area (Å²) in [4.78, 5) is 43.6. The first-order valence-corrected chi connectivity index (χ1v) is 11.3. The van der Waals surface area contributed by atoms with Crippen LogP contribution >= 0.6 is 23.2 Å². The lowest BCUT2D eigenvalue weighted by Gasteiger charge is -2.26. The third kappa shape index (κ3) is 4.17. The van der Waals surface area contributed by atoms with E-state index < -0.39 is 35.2 Å². The SMILES string of the molecule is C[C@H](NC(=O)c1cnc2n1[C@](C)(Cc1ccc(C#N)cc1)C(=O)N2c1cc(Cl)c(F)c(Cl)c1)C(=O)O. The Hall–Kier alpha value is -3.94. The van der Waals surface area contributed by atoms with Crippen LogP contribution in [0.1, 0.15) is 35.5 Å². The number of benzene rings is 2. The Morgan fingerprint density at radius 3 is 2.42 bits per heavy atom. The Labute approximate surface area is 214 Å². The second kappa shape index (κ2) is 9.26. The van der Waals surface area contributed by atoms with Gasteiger partial charge >= 0.3 is 5.97 Å². The summed E-state index contributed by atoms with van der Waals surface area (Å²) >= 11 is 11.9. The number of nitrogens with zero attached hydrogens (tertiary/aromatic N) is 4. The molecule has 1 aromatic heterocycles. The number of hydrogen-bond acceptors (Lipinski definition) is 5. The number of fused-ring (bicyclic) bond motifs is 1. The molecule has 4 rings (SSSR count). The summed E-state index contributed by atoms with van der Waals surface area (Å²) in [5, 5.41) is 20.0. The molecule has 0 bridgehead atoms. The summed E-state index contributed by atoms with van der Waals surface area (Å²) in [6, 6.07) is 9.86. The molecule has 0 radical (unpaired) electrons. The number of halogens is 3. The van der Waals surface area contributed by atoms with Crippen LogP contribution in [0, 0.1) is 17.1 Å². The van der Waals surface area contributed by atoms with E-state index in [2.05, 4.69) is 10.3 Å². The number of rotatable bonds is 6. The average molecular weight is 530 g/mol. The van der Waals surface area contributed by atoms with Crippen molar-refractivity contribution >= 4 is 52.6 Å². The van der Waals surface area contributed by atoms with Crippen LogP contribution in [0.25, 0.3) is 0 Å². The zero-order valence-electron chi connectivity index (χ0n) is 18.9. The van der Waals surface area contributed by atoms with Crippen molar-refractivity contribution in [1.82, 2.24) is 14.9 Å². The number of anilines is 2. The highest BCUT2D eigenvalue weighted by Gasteiger charge is 2.51. The largest absolute Gasteiger partial charge is 0.480 e. The lowest BCUT2D eigenvalue weighted by Crippen LogP contribution is -2.44. The third-order valence-electron chi connectivity index (χ3n) is 5.91. The fraction of sp³-hybridized carbons (Fsp3) is 0.208. The van der Waals surface area contributed by atoms with Crippen molar-refractivity contribution < 1.29 is 23.9 Å². The number of aliphatic carboxylic acids is 1. The number of carboxylic acid groups (broad SMARTS) is 1. The monoisotopic (exact) mass is 529 g/mol. The molecule has 0 aliphatic carbocycles. The molecule has 2 amide bonds. The van der Waals surface area contributed by atoms with Crippen LogP contribution in [0.2, 0.25) is 10.0 Å². The van der Waals surface area contributed by atoms with Gasteiger partial charge in [0.15, 0.2) is 5.82 Å². The second-order valence-electron chi connectivity index (χ2n) is 8.44. The van der Waals surface area contributed by atoms with Gasteiger partial charge in [-0.3, -0.25) is 19.0 Å². The van der Waals surface area contributed by atoms with Crippen molar-refractivity contribution in [2.24, 2.45) is 0 Å². The lowest BCUT2D eigenvalue weighted by molar-refractivity contribution is -0.138. The van der Waals surface area contributed by atoms with Crippen LogP contribution < -0.4 is 10.2 Å². The second-order valence-corrected chi connectivity index (χ2v) is 9.25. The molecule has 2 aromatic carbocycles. The van der Waals surface area contributed by atoms with Crippen molar-refractivity contribution in [2.45, 2.75) is 31.8 Å². The van der Waals surface area contributed by atoms with Gasteiger partial charge in [-0.1, -0.05) is 35.3 Å². The zero-order chi connectivity index (χ0) is 26.4. The highest BCUT2D eigenvalue weighted by atomic mass is 35.5. The Morgan fingerprint density at radius 1 is 1.25 bits per heavy atom. The van der Waals surface area contributed by atoms with Crippen molar-refractivity contribution in [3.8, 4) is 6.07 Å². The van der Waals surface area contributed by atoms with Crippen LogP contribution in [0.5, 0.6) is 0 Å². The van der Waals surface area contributed by atoms with Gasteiger partial charge in [0.1, 0.15) is 17.3 Å². The molecule has 2 heterocycles. The molecule has 36 heavy (non-hydrogen) atoms. The number of nitrogens with one attached hydrogen (secondary N) is 1. The van der Waals surface area contributed by atoms with Gasteiger partial charge < -0.3 is 10.4 Å². The van der Waals surface area contributed by atoms with E-state index in [1.807, 2.05) is 6.07 Å². The molecule has 0 saturated carbocycles. The third-order valence-corrected chi connectivity index (χ3v) is 6.46. The van der Waals surface area contributed by atoms with E-state index in [1.54, 1.807) is 31.2 Å². The van der Waals surface area contributed by atoms with Gasteiger partial charge in [-0.2, -0.15) is 5.26 Å². The highest BCUT2D eigenvalue weighted by Crippen LogP contribution is 2.44. The van der Waals surface area contributed by atoms with Gasteiger partial charge in [-0.05, 0) is 43.7 Å². The van der Waals surface area contributed by atoms with Crippen molar-refractivity contribution in [1.29, 1.82) is 5.26 Å². The lowest BCUT2D eigenvalue weighted by atomic mass is 9.91. The Morgan fingerprint density at radius 2 is 1.86 bits per heavy atom. The summed E-state index contributed by atoms with van der Waals surface area (Å²) < 4.78 is 15.5. The molecule has 9 nitrogen and oxygen atoms in total. The fourth-order valence-corrected chi connectivity index (χ4v) is 4.53. The normalized spacial score (nSPS) is 17.4. The van der Waals surface area contributed by atoms with Crippen LogP contribution in [-0.2, 0) is 21.5 Å². The maximum atomic E-state index is 14.1. The molecule has 0 spiro atoms. The maximum Gasteiger partial charge on any atom is 0.325 e. The molecule has 0 saturated heterocycles. The maximum absolute atomic E-state index is 14.1. The molecule has 2 atom stereocenters. The van der Waals surface area contributed by atoms with Crippen LogP contribution in [0.15, 0.2) is 42.6 Å². The molecule has 3 aromatic rings. The van der Waals surface area contributed by atoms with E-state index in [4.69, 9.17) is 28.5 Å². The van der Waals surface area contributed by atoms with Crippen molar-refractivity contribution in [3.63, 3.8) is 0 Å². The van der Waals surface area contributed by atoms with E-state index in [1.165, 1.54) is 34.7 Å². The predicted molar refractivity (Wildman–Crippen MR) is 129 cm³/mol. The van der Waals surface area contributed by atoms with E-state index in [0.29, 0.717) is 11.1 Å². The summed E-state index contributed by atoms with van der Waals surface area (Å²) in [5.41, 5.74) is -0.203. The highest BCUT2D eigenvalue weighted by molar-refractivity contribution is 6.35. The number of imidazole rings is 1. The molecule has 0 fully saturated rings. The number of nitriles is 1. The van der Waals surface area contributed by atoms with E-state index in [9.17, 15) is 23.9 Å².